The molecule has 1 heteroatoms. The molecule has 0 N–H and O–H groups in total. The van der Waals surface area contributed by atoms with Gasteiger partial charge < -0.3 is 0 Å². The Labute approximate surface area is 99.2 Å². The van der Waals surface area contributed by atoms with Crippen LogP contribution in [0.15, 0.2) is 0 Å². The average Bonchev–Trinajstić information content (AvgIpc) is 2.28. The van der Waals surface area contributed by atoms with Gasteiger partial charge in [0.25, 0.3) is 0 Å². The lowest BCUT2D eigenvalue weighted by Crippen LogP contribution is -2.45. The fraction of sp³-hybridized carbons (Fsp3) is 0.933. The predicted octanol–water partition coefficient (Wildman–Crippen LogP) is 4.00. The minimum absolute atomic E-state index is 0.336. The summed E-state index contributed by atoms with van der Waals surface area (Å²) in [4.78, 5) is 0. The maximum absolute atomic E-state index is 9.13. The first-order chi connectivity index (χ1) is 7.80. The van der Waals surface area contributed by atoms with Crippen molar-refractivity contribution in [1.29, 1.82) is 5.26 Å². The maximum atomic E-state index is 9.13. The van der Waals surface area contributed by atoms with Crippen LogP contribution >= 0.6 is 0 Å². The minimum Gasteiger partial charge on any atom is -0.198 e. The van der Waals surface area contributed by atoms with Crippen LogP contribution in [0.4, 0.5) is 0 Å². The molecule has 0 spiro atoms. The molecular formula is C15H23N. The van der Waals surface area contributed by atoms with Gasteiger partial charge in [0.2, 0.25) is 0 Å². The van der Waals surface area contributed by atoms with Crippen molar-refractivity contribution in [2.75, 3.05) is 0 Å². The standard InChI is InChI=1S/C15H23N/c1-2-10(9-16)8-15-13-4-11-3-12(6-13)7-14(15)5-11/h10-15H,2-8H2,1H3. The van der Waals surface area contributed by atoms with Crippen LogP contribution in [0.3, 0.4) is 0 Å². The van der Waals surface area contributed by atoms with E-state index in [1.807, 2.05) is 0 Å². The molecule has 0 aromatic rings. The number of hydrogen-bond acceptors (Lipinski definition) is 1. The molecule has 4 fully saturated rings. The molecule has 0 heterocycles. The summed E-state index contributed by atoms with van der Waals surface area (Å²) in [6.07, 6.45) is 9.80. The Hall–Kier alpha value is -0.510. The highest BCUT2D eigenvalue weighted by atomic mass is 14.5. The van der Waals surface area contributed by atoms with E-state index in [4.69, 9.17) is 5.26 Å². The third kappa shape index (κ3) is 1.67. The van der Waals surface area contributed by atoms with Crippen molar-refractivity contribution in [3.05, 3.63) is 0 Å². The quantitative estimate of drug-likeness (QED) is 0.701. The maximum Gasteiger partial charge on any atom is 0.0655 e. The van der Waals surface area contributed by atoms with Crippen molar-refractivity contribution in [3.8, 4) is 6.07 Å². The van der Waals surface area contributed by atoms with E-state index in [9.17, 15) is 0 Å². The molecule has 0 aromatic carbocycles. The summed E-state index contributed by atoms with van der Waals surface area (Å²) < 4.78 is 0. The second-order valence-electron chi connectivity index (χ2n) is 6.56. The van der Waals surface area contributed by atoms with E-state index in [-0.39, 0.29) is 0 Å². The Kier molecular flexibility index (Phi) is 2.70. The van der Waals surface area contributed by atoms with Gasteiger partial charge in [0, 0.05) is 5.92 Å². The summed E-state index contributed by atoms with van der Waals surface area (Å²) in [7, 11) is 0. The van der Waals surface area contributed by atoms with Gasteiger partial charge in [0.05, 0.1) is 6.07 Å². The summed E-state index contributed by atoms with van der Waals surface area (Å²) in [5.41, 5.74) is 0. The summed E-state index contributed by atoms with van der Waals surface area (Å²) in [6, 6.07) is 2.51. The topological polar surface area (TPSA) is 23.8 Å². The second-order valence-corrected chi connectivity index (χ2v) is 6.56. The van der Waals surface area contributed by atoms with Crippen LogP contribution in [0, 0.1) is 46.8 Å². The Morgan fingerprint density at radius 2 is 1.62 bits per heavy atom. The van der Waals surface area contributed by atoms with Crippen molar-refractivity contribution < 1.29 is 0 Å². The van der Waals surface area contributed by atoms with E-state index < -0.39 is 0 Å². The van der Waals surface area contributed by atoms with Gasteiger partial charge in [-0.15, -0.1) is 0 Å². The van der Waals surface area contributed by atoms with Crippen molar-refractivity contribution in [2.45, 2.75) is 51.9 Å². The molecule has 0 amide bonds. The summed E-state index contributed by atoms with van der Waals surface area (Å²) in [6.45, 7) is 2.17. The molecule has 4 aliphatic carbocycles. The first-order valence-electron chi connectivity index (χ1n) is 7.19. The normalized spacial score (nSPS) is 46.6. The van der Waals surface area contributed by atoms with Gasteiger partial charge in [-0.2, -0.15) is 5.26 Å². The molecular weight excluding hydrogens is 194 g/mol. The number of nitriles is 1. The zero-order valence-electron chi connectivity index (χ0n) is 10.4. The van der Waals surface area contributed by atoms with Crippen LogP contribution in [-0.4, -0.2) is 0 Å². The molecule has 16 heavy (non-hydrogen) atoms. The third-order valence-electron chi connectivity index (χ3n) is 5.65. The molecule has 4 bridgehead atoms. The highest BCUT2D eigenvalue weighted by Gasteiger charge is 2.48. The lowest BCUT2D eigenvalue weighted by molar-refractivity contribution is -0.0434. The van der Waals surface area contributed by atoms with Crippen LogP contribution in [-0.2, 0) is 0 Å². The molecule has 0 radical (unpaired) electrons. The fourth-order valence-electron chi connectivity index (χ4n) is 5.06. The zero-order chi connectivity index (χ0) is 11.1. The van der Waals surface area contributed by atoms with E-state index in [1.54, 1.807) is 0 Å². The van der Waals surface area contributed by atoms with E-state index in [0.29, 0.717) is 5.92 Å². The van der Waals surface area contributed by atoms with Gasteiger partial charge in [-0.05, 0) is 74.5 Å². The fourth-order valence-corrected chi connectivity index (χ4v) is 5.06. The van der Waals surface area contributed by atoms with Crippen LogP contribution < -0.4 is 0 Å². The molecule has 88 valence electrons. The monoisotopic (exact) mass is 217 g/mol. The molecule has 1 nitrogen and oxygen atoms in total. The largest absolute Gasteiger partial charge is 0.198 e. The van der Waals surface area contributed by atoms with Gasteiger partial charge in [0.1, 0.15) is 0 Å². The first kappa shape index (κ1) is 10.6. The van der Waals surface area contributed by atoms with Crippen LogP contribution in [0.2, 0.25) is 0 Å². The smallest absolute Gasteiger partial charge is 0.0655 e. The van der Waals surface area contributed by atoms with Gasteiger partial charge in [0.15, 0.2) is 0 Å². The Bertz CT molecular complexity index is 273. The Morgan fingerprint density at radius 3 is 2.06 bits per heavy atom. The lowest BCUT2D eigenvalue weighted by atomic mass is 9.51. The summed E-state index contributed by atoms with van der Waals surface area (Å²) in [5.74, 6) is 5.39. The van der Waals surface area contributed by atoms with Crippen molar-refractivity contribution in [3.63, 3.8) is 0 Å². The molecule has 4 aliphatic rings. The van der Waals surface area contributed by atoms with E-state index in [1.165, 1.54) is 38.5 Å². The third-order valence-corrected chi connectivity index (χ3v) is 5.65. The summed E-state index contributed by atoms with van der Waals surface area (Å²) in [5, 5.41) is 9.13. The average molecular weight is 217 g/mol. The highest BCUT2D eigenvalue weighted by molar-refractivity contribution is 4.99. The van der Waals surface area contributed by atoms with E-state index in [2.05, 4.69) is 13.0 Å². The van der Waals surface area contributed by atoms with Gasteiger partial charge in [-0.3, -0.25) is 0 Å². The number of nitrogens with zero attached hydrogens (tertiary/aromatic N) is 1. The number of rotatable bonds is 3. The molecule has 4 saturated carbocycles. The minimum atomic E-state index is 0.336. The molecule has 0 aromatic heterocycles. The van der Waals surface area contributed by atoms with Crippen molar-refractivity contribution >= 4 is 0 Å². The molecule has 0 aliphatic heterocycles. The van der Waals surface area contributed by atoms with Crippen molar-refractivity contribution in [1.82, 2.24) is 0 Å². The van der Waals surface area contributed by atoms with Crippen LogP contribution in [0.25, 0.3) is 0 Å². The molecule has 1 unspecified atom stereocenters. The predicted molar refractivity (Wildman–Crippen MR) is 64.5 cm³/mol. The van der Waals surface area contributed by atoms with Crippen LogP contribution in [0.5, 0.6) is 0 Å². The molecule has 1 atom stereocenters. The van der Waals surface area contributed by atoms with Gasteiger partial charge >= 0.3 is 0 Å². The van der Waals surface area contributed by atoms with Crippen LogP contribution in [0.1, 0.15) is 51.9 Å². The lowest BCUT2D eigenvalue weighted by Gasteiger charge is -2.55. The van der Waals surface area contributed by atoms with Gasteiger partial charge in [-0.1, -0.05) is 6.92 Å². The Morgan fingerprint density at radius 1 is 1.06 bits per heavy atom. The highest BCUT2D eigenvalue weighted by Crippen LogP contribution is 2.57. The second kappa shape index (κ2) is 4.06. The first-order valence-corrected chi connectivity index (χ1v) is 7.19. The van der Waals surface area contributed by atoms with E-state index in [0.717, 1.165) is 36.0 Å². The SMILES string of the molecule is CCC(C#N)CC1C2CC3CC(C2)CC1C3. The molecule has 4 rings (SSSR count). The summed E-state index contributed by atoms with van der Waals surface area (Å²) >= 11 is 0. The van der Waals surface area contributed by atoms with E-state index >= 15 is 0 Å². The zero-order valence-corrected chi connectivity index (χ0v) is 10.4. The number of hydrogen-bond donors (Lipinski definition) is 0. The van der Waals surface area contributed by atoms with Crippen molar-refractivity contribution in [2.24, 2.45) is 35.5 Å². The Balaban J connectivity index is 1.70. The van der Waals surface area contributed by atoms with Gasteiger partial charge in [-0.25, -0.2) is 0 Å². The molecule has 0 saturated heterocycles.